The summed E-state index contributed by atoms with van der Waals surface area (Å²) in [5.74, 6) is 1.39. The Morgan fingerprint density at radius 2 is 2.15 bits per heavy atom. The molecule has 0 bridgehead atoms. The summed E-state index contributed by atoms with van der Waals surface area (Å²) in [5.41, 5.74) is 1.20. The third-order valence-corrected chi connectivity index (χ3v) is 4.80. The van der Waals surface area contributed by atoms with Crippen LogP contribution < -0.4 is 10.6 Å². The molecule has 2 heterocycles. The average molecular weight is 357 g/mol. The normalized spacial score (nSPS) is 21.3. The van der Waals surface area contributed by atoms with Crippen LogP contribution in [0.5, 0.6) is 0 Å². The van der Waals surface area contributed by atoms with Crippen LogP contribution in [-0.2, 0) is 9.53 Å². The van der Waals surface area contributed by atoms with E-state index >= 15 is 0 Å². The second kappa shape index (κ2) is 8.96. The van der Waals surface area contributed by atoms with Gasteiger partial charge in [0.2, 0.25) is 5.91 Å². The van der Waals surface area contributed by atoms with Crippen LogP contribution in [0.15, 0.2) is 40.9 Å². The highest BCUT2D eigenvalue weighted by Crippen LogP contribution is 2.33. The maximum Gasteiger partial charge on any atom is 0.242 e. The van der Waals surface area contributed by atoms with Crippen molar-refractivity contribution < 1.29 is 14.1 Å². The first-order valence-corrected chi connectivity index (χ1v) is 9.31. The zero-order valence-corrected chi connectivity index (χ0v) is 15.4. The molecule has 3 atom stereocenters. The highest BCUT2D eigenvalue weighted by atomic mass is 16.5. The number of aryl methyl sites for hydroxylation is 1. The molecule has 0 saturated carbocycles. The van der Waals surface area contributed by atoms with Crippen LogP contribution >= 0.6 is 0 Å². The Bertz CT molecular complexity index is 701. The van der Waals surface area contributed by atoms with Gasteiger partial charge in [0.05, 0.1) is 12.1 Å². The second-order valence-corrected chi connectivity index (χ2v) is 6.79. The summed E-state index contributed by atoms with van der Waals surface area (Å²) in [6.07, 6.45) is 2.92. The molecule has 1 fully saturated rings. The van der Waals surface area contributed by atoms with E-state index in [4.69, 9.17) is 9.26 Å². The van der Waals surface area contributed by atoms with Gasteiger partial charge in [-0.05, 0) is 31.7 Å². The summed E-state index contributed by atoms with van der Waals surface area (Å²) >= 11 is 0. The van der Waals surface area contributed by atoms with E-state index < -0.39 is 0 Å². The molecule has 3 rings (SSSR count). The molecule has 2 aromatic rings. The van der Waals surface area contributed by atoms with Crippen LogP contribution in [0.4, 0.5) is 5.82 Å². The molecular weight excluding hydrogens is 330 g/mol. The lowest BCUT2D eigenvalue weighted by Gasteiger charge is -2.33. The maximum absolute atomic E-state index is 12.5. The van der Waals surface area contributed by atoms with Crippen LogP contribution in [0.1, 0.15) is 43.6 Å². The number of nitrogens with zero attached hydrogens (tertiary/aromatic N) is 1. The zero-order valence-electron chi connectivity index (χ0n) is 15.4. The van der Waals surface area contributed by atoms with Gasteiger partial charge < -0.3 is 19.9 Å². The van der Waals surface area contributed by atoms with Gasteiger partial charge in [-0.1, -0.05) is 42.4 Å². The summed E-state index contributed by atoms with van der Waals surface area (Å²) < 4.78 is 11.0. The molecule has 1 amide bonds. The molecule has 1 aromatic carbocycles. The number of amides is 1. The summed E-state index contributed by atoms with van der Waals surface area (Å²) in [7, 11) is 0. The number of hydrogen-bond donors (Lipinski definition) is 2. The molecule has 2 N–H and O–H groups in total. The van der Waals surface area contributed by atoms with Gasteiger partial charge in [0, 0.05) is 25.1 Å². The first kappa shape index (κ1) is 18.6. The Labute approximate surface area is 154 Å². The minimum Gasteiger partial charge on any atom is -0.373 e. The predicted molar refractivity (Wildman–Crippen MR) is 99.8 cm³/mol. The molecule has 3 unspecified atom stereocenters. The quantitative estimate of drug-likeness (QED) is 0.794. The van der Waals surface area contributed by atoms with E-state index in [1.54, 1.807) is 13.0 Å². The molecule has 1 aliphatic heterocycles. The lowest BCUT2D eigenvalue weighted by molar-refractivity contribution is -0.118. The van der Waals surface area contributed by atoms with Crippen molar-refractivity contribution in [1.29, 1.82) is 0 Å². The molecule has 0 spiro atoms. The van der Waals surface area contributed by atoms with Crippen molar-refractivity contribution in [3.05, 3.63) is 47.7 Å². The molecule has 0 radical (unpaired) electrons. The van der Waals surface area contributed by atoms with Crippen molar-refractivity contribution in [3.63, 3.8) is 0 Å². The van der Waals surface area contributed by atoms with E-state index in [0.717, 1.165) is 26.0 Å². The largest absolute Gasteiger partial charge is 0.373 e. The van der Waals surface area contributed by atoms with Crippen molar-refractivity contribution in [2.75, 3.05) is 18.5 Å². The summed E-state index contributed by atoms with van der Waals surface area (Å²) in [5, 5.41) is 10.0. The van der Waals surface area contributed by atoms with E-state index in [1.807, 2.05) is 25.1 Å². The fourth-order valence-electron chi connectivity index (χ4n) is 3.42. The minimum absolute atomic E-state index is 0.0798. The zero-order chi connectivity index (χ0) is 18.4. The van der Waals surface area contributed by atoms with Crippen molar-refractivity contribution >= 4 is 11.7 Å². The third kappa shape index (κ3) is 4.71. The van der Waals surface area contributed by atoms with Gasteiger partial charge in [-0.25, -0.2) is 0 Å². The smallest absolute Gasteiger partial charge is 0.242 e. The van der Waals surface area contributed by atoms with Crippen molar-refractivity contribution in [3.8, 4) is 0 Å². The van der Waals surface area contributed by atoms with Gasteiger partial charge in [-0.15, -0.1) is 0 Å². The lowest BCUT2D eigenvalue weighted by Crippen LogP contribution is -2.44. The second-order valence-electron chi connectivity index (χ2n) is 6.79. The highest BCUT2D eigenvalue weighted by Gasteiger charge is 2.28. The Kier molecular flexibility index (Phi) is 6.41. The summed E-state index contributed by atoms with van der Waals surface area (Å²) in [4.78, 5) is 12.5. The van der Waals surface area contributed by atoms with Gasteiger partial charge in [-0.2, -0.15) is 0 Å². The number of rotatable bonds is 7. The van der Waals surface area contributed by atoms with Crippen molar-refractivity contribution in [2.45, 2.75) is 45.3 Å². The topological polar surface area (TPSA) is 76.4 Å². The first-order chi connectivity index (χ1) is 12.7. The number of aromatic nitrogens is 1. The molecule has 1 aliphatic rings. The van der Waals surface area contributed by atoms with Gasteiger partial charge in [0.1, 0.15) is 5.76 Å². The van der Waals surface area contributed by atoms with Gasteiger partial charge in [0.25, 0.3) is 0 Å². The minimum atomic E-state index is -0.273. The Morgan fingerprint density at radius 1 is 1.35 bits per heavy atom. The number of carbonyl (C=O) groups excluding carboxylic acids is 1. The van der Waals surface area contributed by atoms with Crippen LogP contribution in [-0.4, -0.2) is 30.3 Å². The highest BCUT2D eigenvalue weighted by molar-refractivity contribution is 5.93. The van der Waals surface area contributed by atoms with Crippen molar-refractivity contribution in [2.24, 2.45) is 5.92 Å². The fourth-order valence-corrected chi connectivity index (χ4v) is 3.42. The lowest BCUT2D eigenvalue weighted by atomic mass is 9.89. The number of nitrogens with one attached hydrogen (secondary N) is 2. The van der Waals surface area contributed by atoms with E-state index in [1.165, 1.54) is 5.56 Å². The fraction of sp³-hybridized carbons (Fsp3) is 0.500. The van der Waals surface area contributed by atoms with Gasteiger partial charge in [-0.3, -0.25) is 4.79 Å². The van der Waals surface area contributed by atoms with Crippen LogP contribution in [0.2, 0.25) is 0 Å². The molecule has 6 nitrogen and oxygen atoms in total. The monoisotopic (exact) mass is 357 g/mol. The van der Waals surface area contributed by atoms with Crippen LogP contribution in [0.3, 0.4) is 0 Å². The average Bonchev–Trinajstić information content (AvgIpc) is 3.08. The number of hydrogen-bond acceptors (Lipinski definition) is 5. The first-order valence-electron chi connectivity index (χ1n) is 9.31. The molecule has 6 heteroatoms. The Morgan fingerprint density at radius 3 is 2.85 bits per heavy atom. The Balaban J connectivity index is 1.58. The maximum atomic E-state index is 12.5. The SMILES string of the molecule is CCC(NCC1CCCOC1c1ccccc1)C(=O)Nc1cc(C)on1. The number of benzene rings is 1. The van der Waals surface area contributed by atoms with E-state index in [0.29, 0.717) is 23.9 Å². The van der Waals surface area contributed by atoms with Crippen LogP contribution in [0.25, 0.3) is 0 Å². The molecule has 0 aliphatic carbocycles. The summed E-state index contributed by atoms with van der Waals surface area (Å²) in [6, 6.07) is 11.8. The number of anilines is 1. The van der Waals surface area contributed by atoms with Crippen molar-refractivity contribution in [1.82, 2.24) is 10.5 Å². The van der Waals surface area contributed by atoms with Crippen LogP contribution in [0, 0.1) is 12.8 Å². The summed E-state index contributed by atoms with van der Waals surface area (Å²) in [6.45, 7) is 5.32. The van der Waals surface area contributed by atoms with E-state index in [-0.39, 0.29) is 18.1 Å². The standard InChI is InChI=1S/C20H27N3O3/c1-3-17(20(24)22-18-12-14(2)26-23-18)21-13-16-10-7-11-25-19(16)15-8-5-4-6-9-15/h4-6,8-9,12,16-17,19,21H,3,7,10-11,13H2,1-2H3,(H,22,23,24). The van der Waals surface area contributed by atoms with Gasteiger partial charge >= 0.3 is 0 Å². The third-order valence-electron chi connectivity index (χ3n) is 4.80. The molecule has 26 heavy (non-hydrogen) atoms. The molecule has 1 aromatic heterocycles. The van der Waals surface area contributed by atoms with Gasteiger partial charge in [0.15, 0.2) is 5.82 Å². The van der Waals surface area contributed by atoms with E-state index in [9.17, 15) is 4.79 Å². The molecule has 1 saturated heterocycles. The predicted octanol–water partition coefficient (Wildman–Crippen LogP) is 3.46. The number of carbonyl (C=O) groups is 1. The molecular formula is C20H27N3O3. The number of ether oxygens (including phenoxy) is 1. The van der Waals surface area contributed by atoms with E-state index in [2.05, 4.69) is 27.9 Å². The molecule has 140 valence electrons. The Hall–Kier alpha value is -2.18.